The summed E-state index contributed by atoms with van der Waals surface area (Å²) in [5, 5.41) is 10.7. The molecular weight excluding hydrogens is 348 g/mol. The summed E-state index contributed by atoms with van der Waals surface area (Å²) in [5.74, 6) is -0.192. The van der Waals surface area contributed by atoms with Gasteiger partial charge < -0.3 is 9.88 Å². The predicted molar refractivity (Wildman–Crippen MR) is 116 cm³/mol. The van der Waals surface area contributed by atoms with Crippen LogP contribution in [0.15, 0.2) is 71.8 Å². The first-order valence-electron chi connectivity index (χ1n) is 9.22. The summed E-state index contributed by atoms with van der Waals surface area (Å²) >= 11 is 0. The molecule has 0 aliphatic heterocycles. The van der Waals surface area contributed by atoms with Crippen molar-refractivity contribution < 1.29 is 4.79 Å². The van der Waals surface area contributed by atoms with Crippen molar-refractivity contribution in [3.8, 4) is 0 Å². The lowest BCUT2D eigenvalue weighted by Crippen LogP contribution is -2.25. The van der Waals surface area contributed by atoms with Gasteiger partial charge in [-0.05, 0) is 35.9 Å². The maximum Gasteiger partial charge on any atom is 0.259 e. The van der Waals surface area contributed by atoms with Crippen molar-refractivity contribution in [1.82, 2.24) is 9.99 Å². The molecule has 0 saturated heterocycles. The van der Waals surface area contributed by atoms with Crippen LogP contribution < -0.4 is 10.7 Å². The van der Waals surface area contributed by atoms with Crippen molar-refractivity contribution in [2.75, 3.05) is 11.9 Å². The lowest BCUT2D eigenvalue weighted by molar-refractivity contribution is -0.119. The van der Waals surface area contributed by atoms with Crippen LogP contribution in [0, 0.1) is 6.92 Å². The van der Waals surface area contributed by atoms with Crippen molar-refractivity contribution >= 4 is 39.5 Å². The highest BCUT2D eigenvalue weighted by Gasteiger charge is 2.09. The molecule has 28 heavy (non-hydrogen) atoms. The van der Waals surface area contributed by atoms with E-state index >= 15 is 0 Å². The Kier molecular flexibility index (Phi) is 4.81. The third kappa shape index (κ3) is 3.47. The smallest absolute Gasteiger partial charge is 0.259 e. The first-order chi connectivity index (χ1) is 13.6. The highest BCUT2D eigenvalue weighted by molar-refractivity contribution is 6.01. The Balaban J connectivity index is 1.40. The van der Waals surface area contributed by atoms with Crippen LogP contribution in [-0.2, 0) is 11.8 Å². The van der Waals surface area contributed by atoms with Crippen LogP contribution >= 0.6 is 0 Å². The second-order valence-corrected chi connectivity index (χ2v) is 6.78. The minimum Gasteiger partial charge on any atom is -0.376 e. The van der Waals surface area contributed by atoms with Crippen LogP contribution in [0.25, 0.3) is 21.7 Å². The lowest BCUT2D eigenvalue weighted by Gasteiger charge is -2.06. The number of hydrogen-bond acceptors (Lipinski definition) is 3. The van der Waals surface area contributed by atoms with E-state index in [0.717, 1.165) is 33.2 Å². The fourth-order valence-electron chi connectivity index (χ4n) is 3.40. The molecule has 2 N–H and O–H groups in total. The van der Waals surface area contributed by atoms with E-state index in [9.17, 15) is 4.79 Å². The second-order valence-electron chi connectivity index (χ2n) is 6.78. The Labute approximate surface area is 163 Å². The number of aryl methyl sites for hydroxylation is 1. The van der Waals surface area contributed by atoms with E-state index in [-0.39, 0.29) is 12.5 Å². The number of aromatic nitrogens is 1. The number of hydrogen-bond donors (Lipinski definition) is 2. The van der Waals surface area contributed by atoms with Crippen LogP contribution in [0.4, 0.5) is 5.69 Å². The Morgan fingerprint density at radius 1 is 1.04 bits per heavy atom. The predicted octanol–water partition coefficient (Wildman–Crippen LogP) is 4.20. The molecule has 0 radical (unpaired) electrons. The number of nitrogens with zero attached hydrogens (tertiary/aromatic N) is 2. The van der Waals surface area contributed by atoms with Gasteiger partial charge >= 0.3 is 0 Å². The zero-order valence-corrected chi connectivity index (χ0v) is 15.9. The summed E-state index contributed by atoms with van der Waals surface area (Å²) in [4.78, 5) is 12.1. The first-order valence-corrected chi connectivity index (χ1v) is 9.22. The normalized spacial score (nSPS) is 11.4. The zero-order valence-electron chi connectivity index (χ0n) is 15.9. The van der Waals surface area contributed by atoms with Crippen LogP contribution in [0.1, 0.15) is 11.3 Å². The minimum absolute atomic E-state index is 0.157. The van der Waals surface area contributed by atoms with Crippen LogP contribution in [0.3, 0.4) is 0 Å². The monoisotopic (exact) mass is 370 g/mol. The zero-order chi connectivity index (χ0) is 19.5. The Hall–Kier alpha value is -3.60. The molecule has 0 saturated carbocycles. The lowest BCUT2D eigenvalue weighted by atomic mass is 10.1. The van der Waals surface area contributed by atoms with Gasteiger partial charge in [0.05, 0.1) is 12.8 Å². The van der Waals surface area contributed by atoms with Gasteiger partial charge in [0.1, 0.15) is 0 Å². The fourth-order valence-corrected chi connectivity index (χ4v) is 3.40. The van der Waals surface area contributed by atoms with E-state index in [0.29, 0.717) is 0 Å². The number of hydrazone groups is 1. The molecule has 140 valence electrons. The molecule has 5 nitrogen and oxygen atoms in total. The van der Waals surface area contributed by atoms with E-state index in [1.165, 1.54) is 5.39 Å². The summed E-state index contributed by atoms with van der Waals surface area (Å²) in [6.07, 6.45) is 1.71. The molecule has 0 aliphatic carbocycles. The van der Waals surface area contributed by atoms with Crippen molar-refractivity contribution in [1.29, 1.82) is 0 Å². The molecule has 5 heteroatoms. The van der Waals surface area contributed by atoms with Crippen molar-refractivity contribution in [2.45, 2.75) is 6.92 Å². The second kappa shape index (κ2) is 7.56. The molecule has 1 amide bonds. The number of fused-ring (bicyclic) bond motifs is 2. The van der Waals surface area contributed by atoms with Crippen LogP contribution in [-0.4, -0.2) is 23.2 Å². The molecular formula is C23H22N4O. The van der Waals surface area contributed by atoms with Crippen molar-refractivity contribution in [2.24, 2.45) is 12.1 Å². The molecule has 3 aromatic carbocycles. The van der Waals surface area contributed by atoms with Gasteiger partial charge in [-0.15, -0.1) is 0 Å². The maximum absolute atomic E-state index is 12.1. The molecule has 1 aromatic heterocycles. The third-order valence-electron chi connectivity index (χ3n) is 5.03. The number of para-hydroxylation sites is 1. The average molecular weight is 370 g/mol. The average Bonchev–Trinajstić information content (AvgIpc) is 2.97. The minimum atomic E-state index is -0.192. The number of anilines is 1. The van der Waals surface area contributed by atoms with Crippen molar-refractivity contribution in [3.05, 3.63) is 78.0 Å². The van der Waals surface area contributed by atoms with Gasteiger partial charge in [-0.3, -0.25) is 4.79 Å². The van der Waals surface area contributed by atoms with E-state index in [1.54, 1.807) is 6.21 Å². The number of rotatable bonds is 5. The van der Waals surface area contributed by atoms with E-state index in [4.69, 9.17) is 0 Å². The number of carbonyl (C=O) groups is 1. The number of nitrogens with one attached hydrogen (secondary N) is 2. The number of amides is 1. The van der Waals surface area contributed by atoms with E-state index in [1.807, 2.05) is 56.4 Å². The highest BCUT2D eigenvalue weighted by atomic mass is 16.2. The quantitative estimate of drug-likeness (QED) is 0.409. The molecule has 0 aliphatic rings. The molecule has 0 bridgehead atoms. The van der Waals surface area contributed by atoms with E-state index < -0.39 is 0 Å². The van der Waals surface area contributed by atoms with Gasteiger partial charge in [0, 0.05) is 34.9 Å². The summed E-state index contributed by atoms with van der Waals surface area (Å²) in [5.41, 5.74) is 6.77. The van der Waals surface area contributed by atoms with Gasteiger partial charge in [0.15, 0.2) is 0 Å². The van der Waals surface area contributed by atoms with Crippen molar-refractivity contribution in [3.63, 3.8) is 0 Å². The first kappa shape index (κ1) is 17.8. The molecule has 0 unspecified atom stereocenters. The summed E-state index contributed by atoms with van der Waals surface area (Å²) in [6, 6.07) is 22.3. The molecule has 0 atom stereocenters. The number of carbonyl (C=O) groups excluding carboxylic acids is 1. The number of benzene rings is 3. The summed E-state index contributed by atoms with van der Waals surface area (Å²) in [6.45, 7) is 2.20. The van der Waals surface area contributed by atoms with E-state index in [2.05, 4.69) is 44.7 Å². The van der Waals surface area contributed by atoms with Gasteiger partial charge in [0.2, 0.25) is 0 Å². The highest BCUT2D eigenvalue weighted by Crippen LogP contribution is 2.23. The van der Waals surface area contributed by atoms with Gasteiger partial charge in [-0.25, -0.2) is 5.43 Å². The summed E-state index contributed by atoms with van der Waals surface area (Å²) in [7, 11) is 2.03. The fraction of sp³-hybridized carbons (Fsp3) is 0.130. The molecule has 1 heterocycles. The molecule has 0 spiro atoms. The molecule has 0 fully saturated rings. The van der Waals surface area contributed by atoms with Gasteiger partial charge in [-0.2, -0.15) is 5.10 Å². The Bertz CT molecular complexity index is 1190. The maximum atomic E-state index is 12.1. The standard InChI is InChI=1S/C23H22N4O/c1-16-21(20-9-5-6-10-22(20)27(16)2)14-25-26-23(28)15-24-19-12-11-17-7-3-4-8-18(17)13-19/h3-14,24H,15H2,1-2H3,(H,26,28). The Morgan fingerprint density at radius 2 is 1.79 bits per heavy atom. The molecule has 4 aromatic rings. The van der Waals surface area contributed by atoms with Crippen LogP contribution in [0.5, 0.6) is 0 Å². The summed E-state index contributed by atoms with van der Waals surface area (Å²) < 4.78 is 2.12. The topological polar surface area (TPSA) is 58.4 Å². The van der Waals surface area contributed by atoms with Gasteiger partial charge in [-0.1, -0.05) is 48.5 Å². The molecule has 4 rings (SSSR count). The van der Waals surface area contributed by atoms with Gasteiger partial charge in [0.25, 0.3) is 5.91 Å². The van der Waals surface area contributed by atoms with Crippen LogP contribution in [0.2, 0.25) is 0 Å². The third-order valence-corrected chi connectivity index (χ3v) is 5.03. The Morgan fingerprint density at radius 3 is 2.64 bits per heavy atom. The largest absolute Gasteiger partial charge is 0.376 e. The SMILES string of the molecule is Cc1c(C=NNC(=O)CNc2ccc3ccccc3c2)c2ccccc2n1C.